The largest absolute Gasteiger partial charge is 0.459 e. The minimum atomic E-state index is -4.38. The number of rotatable bonds is 6. The number of amides is 1. The standard InChI is InChI=1S/C25H23F3N2O3/c1-2-20(31)33-24-13-23(14-24,15-24)29-22(32)19-5-3-4-17-10-11-30(21(17)19)12-16-6-8-18(9-7-16)25(26,27)28/h3-11H,2,12-15H2,1H3,(H,29,32). The minimum Gasteiger partial charge on any atom is -0.459 e. The van der Waals surface area contributed by atoms with E-state index in [9.17, 15) is 22.8 Å². The molecule has 3 aromatic rings. The van der Waals surface area contributed by atoms with Crippen molar-refractivity contribution in [2.75, 3.05) is 0 Å². The summed E-state index contributed by atoms with van der Waals surface area (Å²) in [4.78, 5) is 24.8. The Balaban J connectivity index is 1.33. The molecule has 2 aromatic carbocycles. The van der Waals surface area contributed by atoms with Gasteiger partial charge in [-0.1, -0.05) is 31.2 Å². The Kier molecular flexibility index (Phi) is 4.81. The molecule has 2 bridgehead atoms. The molecule has 5 nitrogen and oxygen atoms in total. The number of nitrogens with zero attached hydrogens (tertiary/aromatic N) is 1. The van der Waals surface area contributed by atoms with Crippen molar-refractivity contribution >= 4 is 22.8 Å². The molecule has 0 radical (unpaired) electrons. The Morgan fingerprint density at radius 2 is 1.76 bits per heavy atom. The third kappa shape index (κ3) is 3.77. The average molecular weight is 456 g/mol. The molecule has 6 rings (SSSR count). The number of carbonyl (C=O) groups is 2. The smallest absolute Gasteiger partial charge is 0.416 e. The number of para-hydroxylation sites is 1. The molecular weight excluding hydrogens is 433 g/mol. The Morgan fingerprint density at radius 3 is 2.39 bits per heavy atom. The van der Waals surface area contributed by atoms with Crippen LogP contribution in [0.25, 0.3) is 10.9 Å². The summed E-state index contributed by atoms with van der Waals surface area (Å²) in [5.74, 6) is -0.427. The summed E-state index contributed by atoms with van der Waals surface area (Å²) >= 11 is 0. The molecule has 0 unspecified atom stereocenters. The fourth-order valence-corrected chi connectivity index (χ4v) is 5.13. The minimum absolute atomic E-state index is 0.205. The van der Waals surface area contributed by atoms with E-state index < -0.39 is 17.3 Å². The molecule has 0 atom stereocenters. The third-order valence-corrected chi connectivity index (χ3v) is 6.65. The maximum absolute atomic E-state index is 13.2. The second-order valence-electron chi connectivity index (χ2n) is 9.16. The number of carbonyl (C=O) groups excluding carboxylic acids is 2. The lowest BCUT2D eigenvalue weighted by atomic mass is 9.46. The maximum atomic E-state index is 13.2. The summed E-state index contributed by atoms with van der Waals surface area (Å²) in [5, 5.41) is 4.00. The van der Waals surface area contributed by atoms with Gasteiger partial charge in [-0.05, 0) is 29.8 Å². The van der Waals surface area contributed by atoms with E-state index in [1.165, 1.54) is 12.1 Å². The Hall–Kier alpha value is -3.29. The summed E-state index contributed by atoms with van der Waals surface area (Å²) in [7, 11) is 0. The van der Waals surface area contributed by atoms with Gasteiger partial charge in [0.15, 0.2) is 0 Å². The fraction of sp³-hybridized carbons (Fsp3) is 0.360. The van der Waals surface area contributed by atoms with Crippen LogP contribution in [0.3, 0.4) is 0 Å². The van der Waals surface area contributed by atoms with Crippen LogP contribution in [0.15, 0.2) is 54.7 Å². The predicted octanol–water partition coefficient (Wildman–Crippen LogP) is 5.07. The third-order valence-electron chi connectivity index (χ3n) is 6.65. The molecule has 3 aliphatic carbocycles. The lowest BCUT2D eigenvalue weighted by Crippen LogP contribution is -2.79. The molecule has 0 spiro atoms. The van der Waals surface area contributed by atoms with Crippen molar-refractivity contribution in [2.24, 2.45) is 0 Å². The van der Waals surface area contributed by atoms with Gasteiger partial charge in [0.1, 0.15) is 5.60 Å². The number of nitrogens with one attached hydrogen (secondary N) is 1. The second kappa shape index (κ2) is 7.37. The van der Waals surface area contributed by atoms with Crippen LogP contribution >= 0.6 is 0 Å². The number of alkyl halides is 3. The van der Waals surface area contributed by atoms with Gasteiger partial charge < -0.3 is 14.6 Å². The molecule has 3 fully saturated rings. The van der Waals surface area contributed by atoms with E-state index in [1.54, 1.807) is 13.0 Å². The van der Waals surface area contributed by atoms with Crippen molar-refractivity contribution in [1.82, 2.24) is 9.88 Å². The van der Waals surface area contributed by atoms with E-state index in [1.807, 2.05) is 29.0 Å². The highest BCUT2D eigenvalue weighted by atomic mass is 19.4. The van der Waals surface area contributed by atoms with Gasteiger partial charge in [-0.15, -0.1) is 0 Å². The van der Waals surface area contributed by atoms with Gasteiger partial charge in [-0.3, -0.25) is 9.59 Å². The van der Waals surface area contributed by atoms with E-state index in [2.05, 4.69) is 5.32 Å². The van der Waals surface area contributed by atoms with Gasteiger partial charge >= 0.3 is 12.1 Å². The number of aromatic nitrogens is 1. The molecule has 3 saturated carbocycles. The van der Waals surface area contributed by atoms with Gasteiger partial charge in [-0.2, -0.15) is 13.2 Å². The number of hydrogen-bond acceptors (Lipinski definition) is 3. The molecule has 1 amide bonds. The van der Waals surface area contributed by atoms with Crippen molar-refractivity contribution in [2.45, 2.75) is 56.5 Å². The normalized spacial score (nSPS) is 23.5. The van der Waals surface area contributed by atoms with Crippen LogP contribution in [-0.2, 0) is 22.3 Å². The number of esters is 1. The van der Waals surface area contributed by atoms with Crippen LogP contribution < -0.4 is 5.32 Å². The van der Waals surface area contributed by atoms with E-state index in [-0.39, 0.29) is 17.4 Å². The first kappa shape index (κ1) is 21.6. The lowest BCUT2D eigenvalue weighted by molar-refractivity contribution is -0.240. The molecule has 8 heteroatoms. The first-order valence-electron chi connectivity index (χ1n) is 10.9. The van der Waals surface area contributed by atoms with Crippen molar-refractivity contribution in [3.8, 4) is 0 Å². The number of benzene rings is 2. The van der Waals surface area contributed by atoms with Crippen LogP contribution in [-0.4, -0.2) is 27.6 Å². The highest BCUT2D eigenvalue weighted by molar-refractivity contribution is 6.06. The molecule has 1 aromatic heterocycles. The maximum Gasteiger partial charge on any atom is 0.416 e. The number of hydrogen-bond donors (Lipinski definition) is 1. The zero-order chi connectivity index (χ0) is 23.4. The number of fused-ring (bicyclic) bond motifs is 1. The van der Waals surface area contributed by atoms with Crippen LogP contribution in [0.5, 0.6) is 0 Å². The van der Waals surface area contributed by atoms with Gasteiger partial charge in [0.2, 0.25) is 0 Å². The summed E-state index contributed by atoms with van der Waals surface area (Å²) in [6, 6.07) is 12.4. The molecule has 0 saturated heterocycles. The first-order valence-corrected chi connectivity index (χ1v) is 10.9. The van der Waals surface area contributed by atoms with E-state index in [0.29, 0.717) is 43.4 Å². The van der Waals surface area contributed by atoms with Crippen molar-refractivity contribution < 1.29 is 27.5 Å². The molecule has 0 aliphatic heterocycles. The molecule has 33 heavy (non-hydrogen) atoms. The lowest BCUT2D eigenvalue weighted by Gasteiger charge is -2.68. The summed E-state index contributed by atoms with van der Waals surface area (Å²) in [5.41, 5.74) is 0.495. The zero-order valence-electron chi connectivity index (χ0n) is 18.0. The van der Waals surface area contributed by atoms with E-state index in [4.69, 9.17) is 4.74 Å². The van der Waals surface area contributed by atoms with Crippen molar-refractivity contribution in [1.29, 1.82) is 0 Å². The molecule has 1 N–H and O–H groups in total. The monoisotopic (exact) mass is 456 g/mol. The van der Waals surface area contributed by atoms with Crippen LogP contribution in [0.4, 0.5) is 13.2 Å². The fourth-order valence-electron chi connectivity index (χ4n) is 5.13. The van der Waals surface area contributed by atoms with Crippen LogP contribution in [0, 0.1) is 0 Å². The van der Waals surface area contributed by atoms with Crippen LogP contribution in [0.1, 0.15) is 54.1 Å². The van der Waals surface area contributed by atoms with Crippen molar-refractivity contribution in [3.05, 3.63) is 71.4 Å². The summed E-state index contributed by atoms with van der Waals surface area (Å²) < 4.78 is 45.9. The van der Waals surface area contributed by atoms with Gasteiger partial charge in [-0.25, -0.2) is 0 Å². The van der Waals surface area contributed by atoms with Crippen molar-refractivity contribution in [3.63, 3.8) is 0 Å². The number of ether oxygens (including phenoxy) is 1. The van der Waals surface area contributed by atoms with Gasteiger partial charge in [0.05, 0.1) is 22.2 Å². The van der Waals surface area contributed by atoms with E-state index >= 15 is 0 Å². The number of halogens is 3. The first-order chi connectivity index (χ1) is 15.6. The molecule has 172 valence electrons. The topological polar surface area (TPSA) is 60.3 Å². The molecule has 3 aliphatic rings. The van der Waals surface area contributed by atoms with Crippen LogP contribution in [0.2, 0.25) is 0 Å². The zero-order valence-corrected chi connectivity index (χ0v) is 18.0. The summed E-state index contributed by atoms with van der Waals surface area (Å²) in [6.07, 6.45) is -0.336. The van der Waals surface area contributed by atoms with Gasteiger partial charge in [0, 0.05) is 43.8 Å². The highest BCUT2D eigenvalue weighted by Crippen LogP contribution is 2.62. The summed E-state index contributed by atoms with van der Waals surface area (Å²) in [6.45, 7) is 2.10. The van der Waals surface area contributed by atoms with E-state index in [0.717, 1.165) is 23.0 Å². The van der Waals surface area contributed by atoms with Gasteiger partial charge in [0.25, 0.3) is 5.91 Å². The highest BCUT2D eigenvalue weighted by Gasteiger charge is 2.71. The molecule has 1 heterocycles. The second-order valence-corrected chi connectivity index (χ2v) is 9.16. The predicted molar refractivity (Wildman–Crippen MR) is 116 cm³/mol. The Labute approximate surface area is 188 Å². The quantitative estimate of drug-likeness (QED) is 0.527. The Morgan fingerprint density at radius 1 is 1.06 bits per heavy atom. The molecular formula is C25H23F3N2O3. The Bertz CT molecular complexity index is 1220. The average Bonchev–Trinajstić information content (AvgIpc) is 3.13. The SMILES string of the molecule is CCC(=O)OC12CC(NC(=O)c3cccc4ccn(Cc5ccc(C(F)(F)F)cc5)c34)(C1)C2.